The summed E-state index contributed by atoms with van der Waals surface area (Å²) in [6.07, 6.45) is -1.07. The number of carbonyl (C=O) groups excluding carboxylic acids is 5. The molecule has 0 heterocycles. The van der Waals surface area contributed by atoms with E-state index in [0.717, 1.165) is 27.8 Å². The van der Waals surface area contributed by atoms with Crippen LogP contribution in [0.25, 0.3) is 11.1 Å². The van der Waals surface area contributed by atoms with Crippen LogP contribution in [-0.2, 0) is 40.0 Å². The van der Waals surface area contributed by atoms with Crippen molar-refractivity contribution in [3.8, 4) is 11.1 Å². The third-order valence-corrected chi connectivity index (χ3v) is 8.52. The molecular formula is C41H51N3O8. The summed E-state index contributed by atoms with van der Waals surface area (Å²) in [5.74, 6) is -3.46. The second-order valence-electron chi connectivity index (χ2n) is 14.8. The number of esters is 2. The highest BCUT2D eigenvalue weighted by atomic mass is 16.6. The van der Waals surface area contributed by atoms with E-state index in [1.54, 1.807) is 34.6 Å². The molecule has 0 fully saturated rings. The first-order chi connectivity index (χ1) is 24.6. The number of alkyl carbamates (subject to hydrolysis) is 1. The summed E-state index contributed by atoms with van der Waals surface area (Å²) >= 11 is 0. The van der Waals surface area contributed by atoms with E-state index in [9.17, 15) is 24.0 Å². The Morgan fingerprint density at radius 1 is 0.692 bits per heavy atom. The maximum absolute atomic E-state index is 13.8. The Hall–Kier alpha value is -5.19. The van der Waals surface area contributed by atoms with Gasteiger partial charge in [-0.2, -0.15) is 0 Å². The number of hydrogen-bond donors (Lipinski definition) is 3. The molecular weight excluding hydrogens is 662 g/mol. The van der Waals surface area contributed by atoms with E-state index >= 15 is 0 Å². The highest BCUT2D eigenvalue weighted by Gasteiger charge is 2.35. The summed E-state index contributed by atoms with van der Waals surface area (Å²) < 4.78 is 16.7. The van der Waals surface area contributed by atoms with Crippen LogP contribution in [0.2, 0.25) is 0 Å². The van der Waals surface area contributed by atoms with Gasteiger partial charge in [0, 0.05) is 5.92 Å². The highest BCUT2D eigenvalue weighted by Crippen LogP contribution is 2.44. The number of benzene rings is 3. The molecule has 0 unspecified atom stereocenters. The smallest absolute Gasteiger partial charge is 0.407 e. The fraction of sp³-hybridized carbons (Fsp3) is 0.439. The molecule has 0 aromatic heterocycles. The molecule has 3 aromatic rings. The van der Waals surface area contributed by atoms with E-state index in [1.165, 1.54) is 0 Å². The van der Waals surface area contributed by atoms with Gasteiger partial charge in [-0.3, -0.25) is 14.4 Å². The number of carbonyl (C=O) groups is 5. The highest BCUT2D eigenvalue weighted by molar-refractivity contribution is 5.95. The first kappa shape index (κ1) is 39.6. The van der Waals surface area contributed by atoms with Gasteiger partial charge < -0.3 is 30.2 Å². The van der Waals surface area contributed by atoms with Crippen molar-refractivity contribution in [3.05, 3.63) is 95.6 Å². The van der Waals surface area contributed by atoms with Gasteiger partial charge in [-0.25, -0.2) is 9.59 Å². The Balaban J connectivity index is 1.45. The van der Waals surface area contributed by atoms with E-state index < -0.39 is 65.9 Å². The quantitative estimate of drug-likeness (QED) is 0.128. The van der Waals surface area contributed by atoms with Crippen LogP contribution in [0.5, 0.6) is 0 Å². The largest absolute Gasteiger partial charge is 0.460 e. The van der Waals surface area contributed by atoms with Crippen molar-refractivity contribution in [3.63, 3.8) is 0 Å². The third kappa shape index (κ3) is 11.2. The van der Waals surface area contributed by atoms with Gasteiger partial charge in [0.25, 0.3) is 0 Å². The van der Waals surface area contributed by atoms with Gasteiger partial charge in [-0.15, -0.1) is 0 Å². The van der Waals surface area contributed by atoms with E-state index in [0.29, 0.717) is 0 Å². The zero-order valence-corrected chi connectivity index (χ0v) is 31.1. The summed E-state index contributed by atoms with van der Waals surface area (Å²) in [6, 6.07) is 21.5. The molecule has 1 aliphatic carbocycles. The average molecular weight is 714 g/mol. The lowest BCUT2D eigenvalue weighted by atomic mass is 9.98. The van der Waals surface area contributed by atoms with Crippen LogP contribution in [0.1, 0.15) is 83.9 Å². The zero-order chi connectivity index (χ0) is 38.0. The molecule has 0 saturated carbocycles. The average Bonchev–Trinajstić information content (AvgIpc) is 3.40. The van der Waals surface area contributed by atoms with Crippen molar-refractivity contribution in [2.24, 2.45) is 11.8 Å². The second-order valence-corrected chi connectivity index (χ2v) is 14.8. The third-order valence-electron chi connectivity index (χ3n) is 8.52. The molecule has 11 nitrogen and oxygen atoms in total. The molecule has 3 N–H and O–H groups in total. The molecule has 0 saturated heterocycles. The van der Waals surface area contributed by atoms with Crippen molar-refractivity contribution in [1.82, 2.24) is 16.0 Å². The first-order valence-electron chi connectivity index (χ1n) is 17.8. The molecule has 0 radical (unpaired) electrons. The summed E-state index contributed by atoms with van der Waals surface area (Å²) in [5, 5.41) is 7.96. The lowest BCUT2D eigenvalue weighted by Crippen LogP contribution is -2.57. The van der Waals surface area contributed by atoms with Crippen LogP contribution >= 0.6 is 0 Å². The predicted octanol–water partition coefficient (Wildman–Crippen LogP) is 6.04. The fourth-order valence-electron chi connectivity index (χ4n) is 6.11. The lowest BCUT2D eigenvalue weighted by molar-refractivity contribution is -0.156. The summed E-state index contributed by atoms with van der Waals surface area (Å²) in [5.41, 5.74) is 4.19. The Morgan fingerprint density at radius 3 is 1.81 bits per heavy atom. The molecule has 3 aromatic carbocycles. The number of hydrogen-bond acceptors (Lipinski definition) is 8. The van der Waals surface area contributed by atoms with E-state index in [1.807, 2.05) is 92.7 Å². The summed E-state index contributed by atoms with van der Waals surface area (Å²) in [7, 11) is 0. The Bertz CT molecular complexity index is 1670. The maximum Gasteiger partial charge on any atom is 0.407 e. The minimum Gasteiger partial charge on any atom is -0.460 e. The van der Waals surface area contributed by atoms with Gasteiger partial charge in [0.2, 0.25) is 11.8 Å². The molecule has 0 spiro atoms. The summed E-state index contributed by atoms with van der Waals surface area (Å²) in [6.45, 7) is 12.4. The lowest BCUT2D eigenvalue weighted by Gasteiger charge is -2.27. The SMILES string of the molecule is CC(C)C[C@@H](NC(=O)[C@H](CC(=O)OC(C)(C)C)NC(=O)[C@@H](NC(=O)OCC1c2ccccc2-c2ccccc21)C(C)C)C(=O)OCc1ccccc1. The standard InChI is InChI=1S/C41H51N3O8/c1-25(2)21-34(39(48)50-23-27-15-9-8-10-16-27)43-37(46)33(22-35(45)52-41(5,6)7)42-38(47)36(26(3)4)44-40(49)51-24-32-30-19-13-11-17-28(30)29-18-12-14-20-31(29)32/h8-20,25-26,32-34,36H,21-24H2,1-7H3,(H,42,47)(H,43,46)(H,44,49)/t33-,34+,36-/m0/s1. The van der Waals surface area contributed by atoms with Gasteiger partial charge in [-0.1, -0.05) is 107 Å². The topological polar surface area (TPSA) is 149 Å². The molecule has 278 valence electrons. The van der Waals surface area contributed by atoms with Crippen LogP contribution in [-0.4, -0.2) is 60.2 Å². The molecule has 1 aliphatic rings. The van der Waals surface area contributed by atoms with Crippen LogP contribution in [0.3, 0.4) is 0 Å². The van der Waals surface area contributed by atoms with Crippen molar-refractivity contribution < 1.29 is 38.2 Å². The zero-order valence-electron chi connectivity index (χ0n) is 31.1. The molecule has 11 heteroatoms. The van der Waals surface area contributed by atoms with Crippen LogP contribution in [0.4, 0.5) is 4.79 Å². The molecule has 0 aliphatic heterocycles. The van der Waals surface area contributed by atoms with Crippen LogP contribution < -0.4 is 16.0 Å². The Kier molecular flexibility index (Phi) is 13.6. The van der Waals surface area contributed by atoms with E-state index in [-0.39, 0.29) is 31.5 Å². The molecule has 4 rings (SSSR count). The van der Waals surface area contributed by atoms with E-state index in [4.69, 9.17) is 14.2 Å². The minimum atomic E-state index is -1.43. The Labute approximate surface area is 306 Å². The van der Waals surface area contributed by atoms with E-state index in [2.05, 4.69) is 16.0 Å². The second kappa shape index (κ2) is 17.8. The number of ether oxygens (including phenoxy) is 3. The van der Waals surface area contributed by atoms with Gasteiger partial charge in [0.1, 0.15) is 36.9 Å². The molecule has 0 bridgehead atoms. The normalized spacial score (nSPS) is 14.0. The Morgan fingerprint density at radius 2 is 1.25 bits per heavy atom. The monoisotopic (exact) mass is 713 g/mol. The predicted molar refractivity (Wildman–Crippen MR) is 197 cm³/mol. The van der Waals surface area contributed by atoms with Crippen LogP contribution in [0.15, 0.2) is 78.9 Å². The van der Waals surface area contributed by atoms with Gasteiger partial charge in [-0.05, 0) is 66.8 Å². The summed E-state index contributed by atoms with van der Waals surface area (Å²) in [4.78, 5) is 66.8. The molecule has 3 atom stereocenters. The van der Waals surface area contributed by atoms with Gasteiger partial charge >= 0.3 is 18.0 Å². The first-order valence-corrected chi connectivity index (χ1v) is 17.8. The van der Waals surface area contributed by atoms with Crippen molar-refractivity contribution >= 4 is 29.8 Å². The van der Waals surface area contributed by atoms with Gasteiger partial charge in [0.05, 0.1) is 6.42 Å². The number of amides is 3. The number of nitrogens with one attached hydrogen (secondary N) is 3. The van der Waals surface area contributed by atoms with Gasteiger partial charge in [0.15, 0.2) is 0 Å². The fourth-order valence-corrected chi connectivity index (χ4v) is 6.11. The molecule has 3 amide bonds. The minimum absolute atomic E-state index is 0.000183. The number of rotatable bonds is 15. The van der Waals surface area contributed by atoms with Crippen molar-refractivity contribution in [2.45, 2.75) is 97.6 Å². The number of fused-ring (bicyclic) bond motifs is 3. The van der Waals surface area contributed by atoms with Crippen molar-refractivity contribution in [2.75, 3.05) is 6.61 Å². The molecule has 52 heavy (non-hydrogen) atoms. The van der Waals surface area contributed by atoms with Crippen LogP contribution in [0, 0.1) is 11.8 Å². The van der Waals surface area contributed by atoms with Crippen molar-refractivity contribution in [1.29, 1.82) is 0 Å². The maximum atomic E-state index is 13.8.